The molecule has 3 aliphatic rings. The zero-order chi connectivity index (χ0) is 22.9. The van der Waals surface area contributed by atoms with Gasteiger partial charge in [-0.1, -0.05) is 37.5 Å². The van der Waals surface area contributed by atoms with Crippen LogP contribution in [0.1, 0.15) is 61.3 Å². The van der Waals surface area contributed by atoms with E-state index in [0.717, 1.165) is 51.8 Å². The van der Waals surface area contributed by atoms with Crippen LogP contribution in [0.3, 0.4) is 0 Å². The summed E-state index contributed by atoms with van der Waals surface area (Å²) < 4.78 is 30.9. The van der Waals surface area contributed by atoms with Crippen molar-refractivity contribution in [3.63, 3.8) is 0 Å². The summed E-state index contributed by atoms with van der Waals surface area (Å²) in [5.74, 6) is 0.894. The molecule has 2 heterocycles. The molecule has 10 heteroatoms. The normalized spacial score (nSPS) is 16.3. The van der Waals surface area contributed by atoms with E-state index < -0.39 is 21.8 Å². The largest absolute Gasteiger partial charge is 0.388 e. The number of thioether (sulfide) groups is 1. The summed E-state index contributed by atoms with van der Waals surface area (Å²) in [5.41, 5.74) is 1.66. The van der Waals surface area contributed by atoms with Gasteiger partial charge in [-0.15, -0.1) is 23.1 Å². The van der Waals surface area contributed by atoms with Crippen LogP contribution in [0.15, 0.2) is 38.2 Å². The number of nitrogens with one attached hydrogen (secondary N) is 1. The van der Waals surface area contributed by atoms with Crippen LogP contribution in [0.2, 0.25) is 0 Å². The second-order valence-electron chi connectivity index (χ2n) is 8.01. The van der Waals surface area contributed by atoms with Gasteiger partial charge in [-0.2, -0.15) is 4.98 Å². The Bertz CT molecular complexity index is 1230. The van der Waals surface area contributed by atoms with Gasteiger partial charge in [0.15, 0.2) is 5.82 Å². The first-order valence-corrected chi connectivity index (χ1v) is 14.1. The van der Waals surface area contributed by atoms with Gasteiger partial charge >= 0.3 is 5.69 Å². The number of fused-ring (bicyclic) bond motifs is 3. The molecule has 0 amide bonds. The van der Waals surface area contributed by atoms with Crippen LogP contribution in [0.5, 0.6) is 0 Å². The van der Waals surface area contributed by atoms with E-state index in [1.54, 1.807) is 23.9 Å². The quantitative estimate of drug-likeness (QED) is 0.354. The molecular weight excluding hydrogens is 466 g/mol. The lowest BCUT2D eigenvalue weighted by Crippen LogP contribution is -2.23. The Morgan fingerprint density at radius 3 is 2.75 bits per heavy atom. The predicted octanol–water partition coefficient (Wildman–Crippen LogP) is 4.49. The Kier molecular flexibility index (Phi) is 6.94. The van der Waals surface area contributed by atoms with Crippen molar-refractivity contribution in [2.75, 3.05) is 10.5 Å². The number of benzene rings is 1. The third-order valence-electron chi connectivity index (χ3n) is 5.53. The van der Waals surface area contributed by atoms with Crippen molar-refractivity contribution in [2.24, 2.45) is 0 Å². The lowest BCUT2D eigenvalue weighted by Gasteiger charge is -2.25. The SMILES string of the molecule is CCCCCSc1sc2c(n3c(=O)nc(NS(=O)(=O)c4ccc(C)cc4)c1-3)CCCC2O. The fraction of sp³-hybridized carbons (Fsp3) is 0.455. The van der Waals surface area contributed by atoms with Crippen LogP contribution in [0, 0.1) is 6.92 Å². The van der Waals surface area contributed by atoms with Gasteiger partial charge in [0, 0.05) is 5.69 Å². The number of aryl methyl sites for hydroxylation is 1. The average molecular weight is 494 g/mol. The number of nitrogens with zero attached hydrogens (tertiary/aromatic N) is 2. The molecule has 0 saturated heterocycles. The molecule has 1 aliphatic carbocycles. The highest BCUT2D eigenvalue weighted by atomic mass is 32.2. The van der Waals surface area contributed by atoms with Crippen LogP contribution in [-0.2, 0) is 16.4 Å². The van der Waals surface area contributed by atoms with E-state index >= 15 is 0 Å². The van der Waals surface area contributed by atoms with Crippen LogP contribution in [-0.4, -0.2) is 28.8 Å². The molecule has 2 N–H and O–H groups in total. The molecule has 7 nitrogen and oxygen atoms in total. The number of aliphatic hydroxyl groups is 1. The van der Waals surface area contributed by atoms with Gasteiger partial charge in [-0.25, -0.2) is 13.2 Å². The Hall–Kier alpha value is -1.88. The number of hydrogen-bond acceptors (Lipinski definition) is 7. The van der Waals surface area contributed by atoms with Gasteiger partial charge in [0.2, 0.25) is 0 Å². The Labute approximate surface area is 196 Å². The molecule has 0 spiro atoms. The van der Waals surface area contributed by atoms with Gasteiger partial charge in [-0.3, -0.25) is 9.29 Å². The number of hydrogen-bond donors (Lipinski definition) is 2. The summed E-state index contributed by atoms with van der Waals surface area (Å²) >= 11 is 3.04. The average Bonchev–Trinajstić information content (AvgIpc) is 3.08. The molecule has 1 aromatic carbocycles. The molecule has 0 aromatic heterocycles. The highest BCUT2D eigenvalue weighted by Gasteiger charge is 2.31. The minimum atomic E-state index is -3.90. The summed E-state index contributed by atoms with van der Waals surface area (Å²) in [4.78, 5) is 17.9. The minimum absolute atomic E-state index is 0.0488. The number of sulfonamides is 1. The van der Waals surface area contributed by atoms with Gasteiger partial charge in [0.25, 0.3) is 10.0 Å². The van der Waals surface area contributed by atoms with Gasteiger partial charge in [0.1, 0.15) is 5.69 Å². The van der Waals surface area contributed by atoms with Crippen LogP contribution in [0.25, 0.3) is 5.69 Å². The molecule has 1 unspecified atom stereocenters. The third-order valence-corrected chi connectivity index (χ3v) is 9.55. The maximum Gasteiger partial charge on any atom is 0.354 e. The van der Waals surface area contributed by atoms with E-state index in [0.29, 0.717) is 18.5 Å². The van der Waals surface area contributed by atoms with Crippen molar-refractivity contribution in [1.29, 1.82) is 0 Å². The molecule has 1 atom stereocenters. The zero-order valence-corrected chi connectivity index (χ0v) is 20.6. The molecule has 1 aromatic rings. The standard InChI is InChI=1S/C22H27N3O4S3/c1-3-4-5-13-30-21-18-20(24-32(28,29)15-11-9-14(2)10-12-15)23-22(27)25(18)16-7-6-8-17(26)19(16)31-21/h9-12,17,26H,3-8,13H2,1-2H3,(H,23,24,27). The van der Waals surface area contributed by atoms with Gasteiger partial charge in [-0.05, 0) is 50.5 Å². The summed E-state index contributed by atoms with van der Waals surface area (Å²) in [5, 5.41) is 10.6. The molecule has 4 rings (SSSR count). The first-order valence-electron chi connectivity index (χ1n) is 10.8. The van der Waals surface area contributed by atoms with E-state index in [9.17, 15) is 18.3 Å². The molecule has 172 valence electrons. The van der Waals surface area contributed by atoms with Gasteiger partial charge in [0.05, 0.1) is 20.1 Å². The Morgan fingerprint density at radius 2 is 2.03 bits per heavy atom. The molecular formula is C22H27N3O4S3. The maximum atomic E-state index is 13.0. The fourth-order valence-electron chi connectivity index (χ4n) is 3.83. The molecule has 0 saturated carbocycles. The first-order chi connectivity index (χ1) is 15.3. The highest BCUT2D eigenvalue weighted by Crippen LogP contribution is 2.44. The summed E-state index contributed by atoms with van der Waals surface area (Å²) in [6, 6.07) is 6.53. The maximum absolute atomic E-state index is 13.0. The van der Waals surface area contributed by atoms with Crippen molar-refractivity contribution in [2.45, 2.75) is 67.6 Å². The molecule has 2 aliphatic heterocycles. The molecule has 0 bridgehead atoms. The van der Waals surface area contributed by atoms with Crippen LogP contribution in [0.4, 0.5) is 5.82 Å². The predicted molar refractivity (Wildman–Crippen MR) is 129 cm³/mol. The topological polar surface area (TPSA) is 101 Å². The van der Waals surface area contributed by atoms with Crippen molar-refractivity contribution in [1.82, 2.24) is 9.55 Å². The number of anilines is 1. The Morgan fingerprint density at radius 1 is 1.28 bits per heavy atom. The lowest BCUT2D eigenvalue weighted by molar-refractivity contribution is 0.159. The number of rotatable bonds is 8. The van der Waals surface area contributed by atoms with Crippen LogP contribution < -0.4 is 10.4 Å². The van der Waals surface area contributed by atoms with Crippen molar-refractivity contribution < 1.29 is 13.5 Å². The lowest BCUT2D eigenvalue weighted by atomic mass is 10.00. The third kappa shape index (κ3) is 4.59. The Balaban J connectivity index is 1.80. The van der Waals surface area contributed by atoms with Crippen molar-refractivity contribution >= 4 is 38.9 Å². The van der Waals surface area contributed by atoms with Crippen LogP contribution >= 0.6 is 23.1 Å². The highest BCUT2D eigenvalue weighted by molar-refractivity contribution is 8.01. The summed E-state index contributed by atoms with van der Waals surface area (Å²) in [6.07, 6.45) is 4.67. The van der Waals surface area contributed by atoms with E-state index in [4.69, 9.17) is 0 Å². The zero-order valence-electron chi connectivity index (χ0n) is 18.1. The van der Waals surface area contributed by atoms with E-state index in [1.807, 2.05) is 6.92 Å². The summed E-state index contributed by atoms with van der Waals surface area (Å²) in [6.45, 7) is 4.02. The van der Waals surface area contributed by atoms with Crippen molar-refractivity contribution in [3.8, 4) is 5.69 Å². The monoisotopic (exact) mass is 493 g/mol. The molecule has 0 radical (unpaired) electrons. The molecule has 32 heavy (non-hydrogen) atoms. The van der Waals surface area contributed by atoms with Gasteiger partial charge < -0.3 is 5.11 Å². The summed E-state index contributed by atoms with van der Waals surface area (Å²) in [7, 11) is -3.90. The number of aliphatic hydroxyl groups excluding tert-OH is 1. The number of unbranched alkanes of at least 4 members (excludes halogenated alkanes) is 2. The van der Waals surface area contributed by atoms with E-state index in [1.165, 1.54) is 28.0 Å². The first kappa shape index (κ1) is 23.3. The number of aromatic nitrogens is 2. The van der Waals surface area contributed by atoms with E-state index in [-0.39, 0.29) is 10.7 Å². The smallest absolute Gasteiger partial charge is 0.354 e. The number of imidazole rings is 1. The fourth-order valence-corrected chi connectivity index (χ4v) is 7.51. The molecule has 0 fully saturated rings. The van der Waals surface area contributed by atoms with Crippen molar-refractivity contribution in [3.05, 3.63) is 50.9 Å². The minimum Gasteiger partial charge on any atom is -0.388 e. The second kappa shape index (κ2) is 9.54. The second-order valence-corrected chi connectivity index (χ2v) is 12.1. The van der Waals surface area contributed by atoms with E-state index in [2.05, 4.69) is 16.6 Å².